The van der Waals surface area contributed by atoms with E-state index in [-0.39, 0.29) is 23.9 Å². The molecule has 112 valence electrons. The number of benzene rings is 1. The third kappa shape index (κ3) is 3.89. The zero-order valence-electron chi connectivity index (χ0n) is 11.5. The van der Waals surface area contributed by atoms with Crippen molar-refractivity contribution in [3.05, 3.63) is 30.3 Å². The molecule has 1 amide bonds. The molecule has 8 heteroatoms. The summed E-state index contributed by atoms with van der Waals surface area (Å²) in [7, 11) is -3.62. The first kappa shape index (κ1) is 15.2. The minimum Gasteiger partial charge on any atom is -0.384 e. The minimum absolute atomic E-state index is 0.125. The standard InChI is InChI=1S/C13H16N4O3S/c1-9(18)15-6-7-16-21(19,20)11-3-4-12-10(8-11)2-5-13(14)17-12/h2-5,8,16H,6-7H2,1H3,(H2,14,17)(H,15,18). The van der Waals surface area contributed by atoms with Gasteiger partial charge in [0.15, 0.2) is 0 Å². The number of carbonyl (C=O) groups is 1. The van der Waals surface area contributed by atoms with Crippen LogP contribution < -0.4 is 15.8 Å². The van der Waals surface area contributed by atoms with Crippen LogP contribution in [0.1, 0.15) is 6.92 Å². The number of pyridine rings is 1. The lowest BCUT2D eigenvalue weighted by atomic mass is 10.2. The van der Waals surface area contributed by atoms with E-state index in [1.54, 1.807) is 18.2 Å². The fraction of sp³-hybridized carbons (Fsp3) is 0.231. The number of hydrogen-bond acceptors (Lipinski definition) is 5. The number of carbonyl (C=O) groups excluding carboxylic acids is 1. The Kier molecular flexibility index (Phi) is 4.39. The number of nitrogen functional groups attached to an aromatic ring is 1. The second-order valence-corrected chi connectivity index (χ2v) is 6.24. The van der Waals surface area contributed by atoms with Crippen molar-refractivity contribution in [2.24, 2.45) is 0 Å². The Labute approximate surface area is 122 Å². The second kappa shape index (κ2) is 6.06. The van der Waals surface area contributed by atoms with Gasteiger partial charge in [0, 0.05) is 25.4 Å². The van der Waals surface area contributed by atoms with E-state index >= 15 is 0 Å². The van der Waals surface area contributed by atoms with Crippen molar-refractivity contribution in [1.29, 1.82) is 0 Å². The summed E-state index contributed by atoms with van der Waals surface area (Å²) in [6, 6.07) is 7.93. The highest BCUT2D eigenvalue weighted by molar-refractivity contribution is 7.89. The monoisotopic (exact) mass is 308 g/mol. The number of aromatic nitrogens is 1. The highest BCUT2D eigenvalue weighted by Crippen LogP contribution is 2.18. The molecule has 0 aliphatic rings. The van der Waals surface area contributed by atoms with Gasteiger partial charge < -0.3 is 11.1 Å². The van der Waals surface area contributed by atoms with Crippen molar-refractivity contribution in [2.75, 3.05) is 18.8 Å². The highest BCUT2D eigenvalue weighted by atomic mass is 32.2. The summed E-state index contributed by atoms with van der Waals surface area (Å²) in [5, 5.41) is 3.20. The normalized spacial score (nSPS) is 11.5. The zero-order chi connectivity index (χ0) is 15.5. The van der Waals surface area contributed by atoms with Gasteiger partial charge in [-0.1, -0.05) is 0 Å². The van der Waals surface area contributed by atoms with Gasteiger partial charge in [-0.2, -0.15) is 0 Å². The predicted molar refractivity (Wildman–Crippen MR) is 80.0 cm³/mol. The summed E-state index contributed by atoms with van der Waals surface area (Å²) in [4.78, 5) is 15.0. The Hall–Kier alpha value is -2.19. The van der Waals surface area contributed by atoms with E-state index in [4.69, 9.17) is 5.73 Å². The molecule has 0 unspecified atom stereocenters. The summed E-state index contributed by atoms with van der Waals surface area (Å²) in [6.07, 6.45) is 0. The molecule has 7 nitrogen and oxygen atoms in total. The summed E-state index contributed by atoms with van der Waals surface area (Å²) in [6.45, 7) is 1.73. The molecule has 0 spiro atoms. The van der Waals surface area contributed by atoms with Gasteiger partial charge in [0.25, 0.3) is 0 Å². The Morgan fingerprint density at radius 1 is 1.24 bits per heavy atom. The maximum absolute atomic E-state index is 12.1. The molecule has 0 saturated carbocycles. The molecule has 1 heterocycles. The minimum atomic E-state index is -3.62. The molecule has 0 atom stereocenters. The van der Waals surface area contributed by atoms with Gasteiger partial charge in [-0.05, 0) is 30.3 Å². The molecule has 2 rings (SSSR count). The average Bonchev–Trinajstić information content (AvgIpc) is 2.43. The van der Waals surface area contributed by atoms with Crippen LogP contribution in [-0.2, 0) is 14.8 Å². The molecule has 1 aromatic heterocycles. The fourth-order valence-corrected chi connectivity index (χ4v) is 2.86. The predicted octanol–water partition coefficient (Wildman–Crippen LogP) is 0.231. The maximum Gasteiger partial charge on any atom is 0.240 e. The van der Waals surface area contributed by atoms with Gasteiger partial charge in [0.1, 0.15) is 5.82 Å². The van der Waals surface area contributed by atoms with Gasteiger partial charge in [-0.3, -0.25) is 4.79 Å². The third-order valence-electron chi connectivity index (χ3n) is 2.78. The van der Waals surface area contributed by atoms with Gasteiger partial charge >= 0.3 is 0 Å². The molecule has 0 aliphatic carbocycles. The van der Waals surface area contributed by atoms with Crippen molar-refractivity contribution in [3.8, 4) is 0 Å². The van der Waals surface area contributed by atoms with Gasteiger partial charge in [-0.25, -0.2) is 18.1 Å². The lowest BCUT2D eigenvalue weighted by Crippen LogP contribution is -2.33. The molecule has 21 heavy (non-hydrogen) atoms. The van der Waals surface area contributed by atoms with Crippen molar-refractivity contribution in [1.82, 2.24) is 15.0 Å². The molecule has 0 bridgehead atoms. The van der Waals surface area contributed by atoms with Gasteiger partial charge in [-0.15, -0.1) is 0 Å². The van der Waals surface area contributed by atoms with Crippen LogP contribution in [-0.4, -0.2) is 32.4 Å². The quantitative estimate of drug-likeness (QED) is 0.684. The largest absolute Gasteiger partial charge is 0.384 e. The Bertz CT molecular complexity index is 774. The van der Waals surface area contributed by atoms with Crippen LogP contribution in [0.2, 0.25) is 0 Å². The van der Waals surface area contributed by atoms with Crippen LogP contribution >= 0.6 is 0 Å². The summed E-state index contributed by atoms with van der Waals surface area (Å²) >= 11 is 0. The first-order chi connectivity index (χ1) is 9.88. The van der Waals surface area contributed by atoms with E-state index in [1.165, 1.54) is 19.1 Å². The number of fused-ring (bicyclic) bond motifs is 1. The zero-order valence-corrected chi connectivity index (χ0v) is 12.3. The van der Waals surface area contributed by atoms with E-state index in [2.05, 4.69) is 15.0 Å². The third-order valence-corrected chi connectivity index (χ3v) is 4.24. The number of nitrogens with two attached hydrogens (primary N) is 1. The number of rotatable bonds is 5. The highest BCUT2D eigenvalue weighted by Gasteiger charge is 2.14. The maximum atomic E-state index is 12.1. The van der Waals surface area contributed by atoms with E-state index in [0.29, 0.717) is 16.7 Å². The topological polar surface area (TPSA) is 114 Å². The molecule has 4 N–H and O–H groups in total. The number of nitrogens with one attached hydrogen (secondary N) is 2. The van der Waals surface area contributed by atoms with Crippen molar-refractivity contribution in [2.45, 2.75) is 11.8 Å². The molecule has 0 aliphatic heterocycles. The van der Waals surface area contributed by atoms with E-state index < -0.39 is 10.0 Å². The number of nitrogens with zero attached hydrogens (tertiary/aromatic N) is 1. The van der Waals surface area contributed by atoms with E-state index in [0.717, 1.165) is 0 Å². The lowest BCUT2D eigenvalue weighted by molar-refractivity contribution is -0.118. The van der Waals surface area contributed by atoms with Crippen molar-refractivity contribution >= 4 is 32.7 Å². The molecule has 0 fully saturated rings. The first-order valence-electron chi connectivity index (χ1n) is 6.29. The van der Waals surface area contributed by atoms with Crippen LogP contribution in [0.5, 0.6) is 0 Å². The molecular formula is C13H16N4O3S. The van der Waals surface area contributed by atoms with Crippen molar-refractivity contribution in [3.63, 3.8) is 0 Å². The Balaban J connectivity index is 2.16. The molecule has 1 aromatic carbocycles. The summed E-state index contributed by atoms with van der Waals surface area (Å²) < 4.78 is 26.7. The number of amides is 1. The first-order valence-corrected chi connectivity index (χ1v) is 7.77. The second-order valence-electron chi connectivity index (χ2n) is 4.47. The SMILES string of the molecule is CC(=O)NCCNS(=O)(=O)c1ccc2nc(N)ccc2c1. The smallest absolute Gasteiger partial charge is 0.240 e. The summed E-state index contributed by atoms with van der Waals surface area (Å²) in [5.41, 5.74) is 6.21. The average molecular weight is 308 g/mol. The Morgan fingerprint density at radius 2 is 2.00 bits per heavy atom. The van der Waals surface area contributed by atoms with Crippen LogP contribution in [0.4, 0.5) is 5.82 Å². The number of sulfonamides is 1. The van der Waals surface area contributed by atoms with Crippen LogP contribution in [0.15, 0.2) is 35.2 Å². The van der Waals surface area contributed by atoms with E-state index in [9.17, 15) is 13.2 Å². The number of hydrogen-bond donors (Lipinski definition) is 3. The number of anilines is 1. The fourth-order valence-electron chi connectivity index (χ4n) is 1.79. The van der Waals surface area contributed by atoms with Crippen LogP contribution in [0.25, 0.3) is 10.9 Å². The molecule has 0 radical (unpaired) electrons. The molecular weight excluding hydrogens is 292 g/mol. The summed E-state index contributed by atoms with van der Waals surface area (Å²) in [5.74, 6) is 0.176. The lowest BCUT2D eigenvalue weighted by Gasteiger charge is -2.08. The van der Waals surface area contributed by atoms with Crippen LogP contribution in [0, 0.1) is 0 Å². The molecule has 0 saturated heterocycles. The molecule has 2 aromatic rings. The van der Waals surface area contributed by atoms with Crippen LogP contribution in [0.3, 0.4) is 0 Å². The van der Waals surface area contributed by atoms with Crippen molar-refractivity contribution < 1.29 is 13.2 Å². The van der Waals surface area contributed by atoms with Gasteiger partial charge in [0.05, 0.1) is 10.4 Å². The van der Waals surface area contributed by atoms with Gasteiger partial charge in [0.2, 0.25) is 15.9 Å². The van der Waals surface area contributed by atoms with E-state index in [1.807, 2.05) is 0 Å². The Morgan fingerprint density at radius 3 is 2.71 bits per heavy atom.